The van der Waals surface area contributed by atoms with Crippen LogP contribution in [0.2, 0.25) is 0 Å². The van der Waals surface area contributed by atoms with Crippen LogP contribution in [0.5, 0.6) is 0 Å². The van der Waals surface area contributed by atoms with Crippen LogP contribution in [0.4, 0.5) is 5.13 Å². The minimum Gasteiger partial charge on any atom is -0.398 e. The number of carbonyl (C=O) groups excluding carboxylic acids is 1. The van der Waals surface area contributed by atoms with Crippen LogP contribution < -0.4 is 5.73 Å². The second kappa shape index (κ2) is 4.19. The maximum Gasteiger partial charge on any atom is 0.242 e. The summed E-state index contributed by atoms with van der Waals surface area (Å²) in [6, 6.07) is 0. The Morgan fingerprint density at radius 2 is 2.46 bits per heavy atom. The first-order valence-corrected chi connectivity index (χ1v) is 4.31. The molecule has 0 aliphatic rings. The average molecular weight is 218 g/mol. The van der Waals surface area contributed by atoms with Crippen molar-refractivity contribution in [3.05, 3.63) is 5.82 Å². The largest absolute Gasteiger partial charge is 0.398 e. The average Bonchev–Trinajstić information content (AvgIpc) is 2.46. The molecule has 0 aliphatic heterocycles. The molecule has 0 saturated heterocycles. The third-order valence-corrected chi connectivity index (χ3v) is 1.79. The van der Waals surface area contributed by atoms with Gasteiger partial charge in [0.2, 0.25) is 16.7 Å². The van der Waals surface area contributed by atoms with E-state index in [1.807, 2.05) is 0 Å². The molecule has 6 nitrogen and oxygen atoms in total. The SMILES string of the molecule is CON=C(C(=O)S)c1nsc(N)n1. The Labute approximate surface area is 83.4 Å². The Bertz CT molecular complexity index is 348. The fraction of sp³-hybridized carbons (Fsp3) is 0.200. The Morgan fingerprint density at radius 1 is 1.77 bits per heavy atom. The van der Waals surface area contributed by atoms with Gasteiger partial charge >= 0.3 is 0 Å². The van der Waals surface area contributed by atoms with E-state index in [1.54, 1.807) is 0 Å². The summed E-state index contributed by atoms with van der Waals surface area (Å²) in [7, 11) is 1.31. The molecule has 1 aromatic rings. The van der Waals surface area contributed by atoms with Crippen LogP contribution in [0.15, 0.2) is 5.16 Å². The summed E-state index contributed by atoms with van der Waals surface area (Å²) in [4.78, 5) is 19.1. The highest BCUT2D eigenvalue weighted by Gasteiger charge is 2.16. The zero-order valence-corrected chi connectivity index (χ0v) is 8.30. The fourth-order valence-corrected chi connectivity index (χ4v) is 1.17. The van der Waals surface area contributed by atoms with Gasteiger partial charge in [-0.05, 0) is 0 Å². The molecular formula is C5H6N4O2S2. The normalized spacial score (nSPS) is 11.4. The number of nitrogen functional groups attached to an aromatic ring is 1. The van der Waals surface area contributed by atoms with Crippen LogP contribution in [0.25, 0.3) is 0 Å². The molecule has 0 aliphatic carbocycles. The van der Waals surface area contributed by atoms with E-state index in [0.717, 1.165) is 11.5 Å². The topological polar surface area (TPSA) is 90.5 Å². The number of nitrogens with zero attached hydrogens (tertiary/aromatic N) is 3. The molecule has 0 bridgehead atoms. The predicted octanol–water partition coefficient (Wildman–Crippen LogP) is -0.0728. The van der Waals surface area contributed by atoms with Gasteiger partial charge in [0, 0.05) is 11.5 Å². The van der Waals surface area contributed by atoms with E-state index < -0.39 is 5.12 Å². The van der Waals surface area contributed by atoms with Gasteiger partial charge in [0.05, 0.1) is 0 Å². The highest BCUT2D eigenvalue weighted by atomic mass is 32.1. The number of carbonyl (C=O) groups is 1. The summed E-state index contributed by atoms with van der Waals surface area (Å²) in [6.45, 7) is 0. The maximum absolute atomic E-state index is 10.9. The molecule has 0 radical (unpaired) electrons. The van der Waals surface area contributed by atoms with Crippen LogP contribution in [-0.2, 0) is 9.63 Å². The minimum atomic E-state index is -0.570. The summed E-state index contributed by atoms with van der Waals surface area (Å²) < 4.78 is 3.78. The molecule has 70 valence electrons. The Morgan fingerprint density at radius 3 is 2.85 bits per heavy atom. The van der Waals surface area contributed by atoms with Crippen LogP contribution in [0, 0.1) is 0 Å². The number of anilines is 1. The molecule has 0 atom stereocenters. The molecule has 2 N–H and O–H groups in total. The molecule has 0 amide bonds. The van der Waals surface area contributed by atoms with E-state index in [-0.39, 0.29) is 16.7 Å². The Hall–Kier alpha value is -1.15. The van der Waals surface area contributed by atoms with Gasteiger partial charge in [-0.3, -0.25) is 4.79 Å². The summed E-state index contributed by atoms with van der Waals surface area (Å²) >= 11 is 4.55. The molecule has 0 fully saturated rings. The number of hydrogen-bond donors (Lipinski definition) is 2. The van der Waals surface area contributed by atoms with Crippen molar-refractivity contribution in [2.24, 2.45) is 5.16 Å². The number of nitrogens with two attached hydrogens (primary N) is 1. The van der Waals surface area contributed by atoms with Crippen molar-refractivity contribution in [1.29, 1.82) is 0 Å². The molecular weight excluding hydrogens is 212 g/mol. The third-order valence-electron chi connectivity index (χ3n) is 1.04. The van der Waals surface area contributed by atoms with Crippen molar-refractivity contribution < 1.29 is 9.63 Å². The van der Waals surface area contributed by atoms with Gasteiger partial charge in [-0.15, -0.1) is 0 Å². The zero-order valence-electron chi connectivity index (χ0n) is 6.59. The van der Waals surface area contributed by atoms with Crippen molar-refractivity contribution in [2.45, 2.75) is 0 Å². The van der Waals surface area contributed by atoms with Crippen molar-refractivity contribution in [2.75, 3.05) is 12.8 Å². The van der Waals surface area contributed by atoms with E-state index in [2.05, 4.69) is 32.0 Å². The molecule has 0 spiro atoms. The first-order valence-electron chi connectivity index (χ1n) is 3.09. The summed E-state index contributed by atoms with van der Waals surface area (Å²) in [6.07, 6.45) is 0. The molecule has 13 heavy (non-hydrogen) atoms. The smallest absolute Gasteiger partial charge is 0.242 e. The van der Waals surface area contributed by atoms with E-state index in [0.29, 0.717) is 0 Å². The Balaban J connectivity index is 3.02. The van der Waals surface area contributed by atoms with E-state index in [1.165, 1.54) is 7.11 Å². The molecule has 0 unspecified atom stereocenters. The number of hydrogen-bond acceptors (Lipinski definition) is 7. The number of aromatic nitrogens is 2. The Kier molecular flexibility index (Phi) is 3.20. The summed E-state index contributed by atoms with van der Waals surface area (Å²) in [5.74, 6) is 0.129. The predicted molar refractivity (Wildman–Crippen MR) is 51.9 cm³/mol. The van der Waals surface area contributed by atoms with Gasteiger partial charge in [0.15, 0.2) is 5.13 Å². The molecule has 0 aromatic carbocycles. The lowest BCUT2D eigenvalue weighted by atomic mass is 10.4. The zero-order chi connectivity index (χ0) is 9.84. The van der Waals surface area contributed by atoms with Gasteiger partial charge in [-0.2, -0.15) is 9.36 Å². The van der Waals surface area contributed by atoms with Gasteiger partial charge in [0.1, 0.15) is 7.11 Å². The maximum atomic E-state index is 10.9. The fourth-order valence-electron chi connectivity index (χ4n) is 0.598. The molecule has 8 heteroatoms. The standard InChI is InChI=1S/C5H6N4O2S2/c1-11-8-2(4(10)12)3-7-5(6)13-9-3/h1H3,(H,10,12)(H2,6,7,9). The summed E-state index contributed by atoms with van der Waals surface area (Å²) in [5, 5.41) is 3.11. The minimum absolute atomic E-state index is 0.0567. The summed E-state index contributed by atoms with van der Waals surface area (Å²) in [5.41, 5.74) is 5.27. The lowest BCUT2D eigenvalue weighted by Gasteiger charge is -1.93. The first-order chi connectivity index (χ1) is 6.15. The lowest BCUT2D eigenvalue weighted by Crippen LogP contribution is -2.12. The van der Waals surface area contributed by atoms with Gasteiger partial charge in [0.25, 0.3) is 0 Å². The quantitative estimate of drug-likeness (QED) is 0.421. The molecule has 1 aromatic heterocycles. The van der Waals surface area contributed by atoms with Crippen molar-refractivity contribution >= 4 is 40.1 Å². The van der Waals surface area contributed by atoms with Gasteiger partial charge in [-0.25, -0.2) is 0 Å². The van der Waals surface area contributed by atoms with Crippen molar-refractivity contribution in [3.8, 4) is 0 Å². The monoisotopic (exact) mass is 218 g/mol. The van der Waals surface area contributed by atoms with Crippen LogP contribution in [0.1, 0.15) is 5.82 Å². The second-order valence-corrected chi connectivity index (χ2v) is 3.07. The van der Waals surface area contributed by atoms with E-state index in [4.69, 9.17) is 5.73 Å². The number of thiol groups is 1. The van der Waals surface area contributed by atoms with Crippen LogP contribution >= 0.6 is 24.2 Å². The highest BCUT2D eigenvalue weighted by molar-refractivity contribution is 7.99. The number of oxime groups is 1. The highest BCUT2D eigenvalue weighted by Crippen LogP contribution is 2.08. The van der Waals surface area contributed by atoms with Crippen molar-refractivity contribution in [3.63, 3.8) is 0 Å². The number of rotatable bonds is 3. The third kappa shape index (κ3) is 2.39. The second-order valence-electron chi connectivity index (χ2n) is 1.88. The van der Waals surface area contributed by atoms with Crippen molar-refractivity contribution in [1.82, 2.24) is 9.36 Å². The van der Waals surface area contributed by atoms with Gasteiger partial charge in [-0.1, -0.05) is 17.8 Å². The van der Waals surface area contributed by atoms with Gasteiger partial charge < -0.3 is 10.6 Å². The van der Waals surface area contributed by atoms with Crippen LogP contribution in [-0.4, -0.2) is 27.3 Å². The van der Waals surface area contributed by atoms with Crippen LogP contribution in [0.3, 0.4) is 0 Å². The van der Waals surface area contributed by atoms with E-state index in [9.17, 15) is 4.79 Å². The molecule has 1 rings (SSSR count). The first kappa shape index (κ1) is 9.93. The molecule has 0 saturated carbocycles. The molecule has 1 heterocycles. The van der Waals surface area contributed by atoms with E-state index >= 15 is 0 Å². The lowest BCUT2D eigenvalue weighted by molar-refractivity contribution is -0.105.